The molecule has 1 aliphatic carbocycles. The molecule has 0 radical (unpaired) electrons. The van der Waals surface area contributed by atoms with Crippen molar-refractivity contribution in [3.63, 3.8) is 0 Å². The first-order valence-corrected chi connectivity index (χ1v) is 4.49. The highest BCUT2D eigenvalue weighted by Gasteiger charge is 1.94. The normalized spacial score (nSPS) is 18.3. The van der Waals surface area contributed by atoms with Gasteiger partial charge in [0.05, 0.1) is 0 Å². The van der Waals surface area contributed by atoms with E-state index in [2.05, 4.69) is 5.73 Å². The molecule has 0 aromatic carbocycles. The smallest absolute Gasteiger partial charge is 0.0498 e. The average Bonchev–Trinajstić information content (AvgIpc) is 2.12. The van der Waals surface area contributed by atoms with E-state index in [1.165, 1.54) is 0 Å². The van der Waals surface area contributed by atoms with Crippen LogP contribution in [0.4, 0.5) is 0 Å². The van der Waals surface area contributed by atoms with Gasteiger partial charge >= 0.3 is 0 Å². The lowest BCUT2D eigenvalue weighted by atomic mass is 10.4. The Morgan fingerprint density at radius 2 is 2.30 bits per heavy atom. The molecule has 1 aliphatic rings. The Labute approximate surface area is 62.9 Å². The van der Waals surface area contributed by atoms with Crippen LogP contribution in [0, 0.1) is 0 Å². The van der Waals surface area contributed by atoms with Gasteiger partial charge in [0, 0.05) is 22.0 Å². The van der Waals surface area contributed by atoms with Gasteiger partial charge in [-0.25, -0.2) is 0 Å². The number of hydrogen-bond donors (Lipinski definition) is 0. The molecule has 52 valence electrons. The lowest BCUT2D eigenvalue weighted by molar-refractivity contribution is 0.691. The molecular formula is C8H8OS. The summed E-state index contributed by atoms with van der Waals surface area (Å²) in [4.78, 5) is 0.834. The molecule has 0 saturated heterocycles. The van der Waals surface area contributed by atoms with Crippen LogP contribution in [0.2, 0.25) is 0 Å². The van der Waals surface area contributed by atoms with E-state index < -0.39 is 10.8 Å². The minimum atomic E-state index is -0.880. The summed E-state index contributed by atoms with van der Waals surface area (Å²) >= 11 is 0. The highest BCUT2D eigenvalue weighted by Crippen LogP contribution is 2.03. The fourth-order valence-corrected chi connectivity index (χ4v) is 1.16. The fraction of sp³-hybridized carbons (Fsp3) is 0.125. The maximum absolute atomic E-state index is 10.9. The summed E-state index contributed by atoms with van der Waals surface area (Å²) < 4.78 is 10.9. The van der Waals surface area contributed by atoms with Gasteiger partial charge in [-0.05, 0) is 24.3 Å². The second kappa shape index (κ2) is 3.35. The average molecular weight is 152 g/mol. The molecule has 1 nitrogen and oxygen atoms in total. The fourth-order valence-electron chi connectivity index (χ4n) is 0.632. The standard InChI is InChI=1S/C8H8OS/c1-10(9)8-6-4-2-3-5-7-8/h2,4-7H,1H3. The van der Waals surface area contributed by atoms with Gasteiger partial charge in [0.2, 0.25) is 0 Å². The summed E-state index contributed by atoms with van der Waals surface area (Å²) in [7, 11) is -0.880. The molecule has 1 unspecified atom stereocenters. The predicted octanol–water partition coefficient (Wildman–Crippen LogP) is 1.53. The van der Waals surface area contributed by atoms with E-state index in [9.17, 15) is 4.21 Å². The lowest BCUT2D eigenvalue weighted by Crippen LogP contribution is -1.86. The summed E-state index contributed by atoms with van der Waals surface area (Å²) in [5, 5.41) is 0. The molecule has 2 heteroatoms. The summed E-state index contributed by atoms with van der Waals surface area (Å²) in [5.41, 5.74) is 2.88. The molecule has 0 amide bonds. The first-order valence-electron chi connectivity index (χ1n) is 2.93. The maximum atomic E-state index is 10.9. The number of hydrogen-bond acceptors (Lipinski definition) is 1. The zero-order chi connectivity index (χ0) is 7.40. The predicted molar refractivity (Wildman–Crippen MR) is 43.9 cm³/mol. The van der Waals surface area contributed by atoms with Crippen LogP contribution in [0.5, 0.6) is 0 Å². The lowest BCUT2D eigenvalue weighted by Gasteiger charge is -1.90. The largest absolute Gasteiger partial charge is 0.255 e. The molecule has 0 spiro atoms. The van der Waals surface area contributed by atoms with Crippen molar-refractivity contribution in [2.24, 2.45) is 0 Å². The van der Waals surface area contributed by atoms with Crippen LogP contribution < -0.4 is 0 Å². The van der Waals surface area contributed by atoms with Gasteiger partial charge < -0.3 is 0 Å². The summed E-state index contributed by atoms with van der Waals surface area (Å²) in [6, 6.07) is 0. The molecular weight excluding hydrogens is 144 g/mol. The van der Waals surface area contributed by atoms with Crippen molar-refractivity contribution in [3.8, 4) is 0 Å². The van der Waals surface area contributed by atoms with E-state index in [1.54, 1.807) is 24.5 Å². The first kappa shape index (κ1) is 7.26. The Balaban J connectivity index is 2.92. The summed E-state index contributed by atoms with van der Waals surface area (Å²) in [5.74, 6) is 0. The molecule has 1 atom stereocenters. The van der Waals surface area contributed by atoms with Crippen LogP contribution in [-0.4, -0.2) is 10.5 Å². The molecule has 1 rings (SSSR count). The molecule has 0 saturated carbocycles. The SMILES string of the molecule is CS(=O)C1=CC=C=CC=C1. The van der Waals surface area contributed by atoms with Crippen LogP contribution in [0.15, 0.2) is 41.0 Å². The molecule has 0 N–H and O–H groups in total. The third kappa shape index (κ3) is 1.83. The van der Waals surface area contributed by atoms with Crippen LogP contribution in [0.3, 0.4) is 0 Å². The molecule has 0 bridgehead atoms. The zero-order valence-electron chi connectivity index (χ0n) is 5.70. The topological polar surface area (TPSA) is 17.1 Å². The van der Waals surface area contributed by atoms with Crippen LogP contribution in [-0.2, 0) is 10.8 Å². The van der Waals surface area contributed by atoms with Crippen molar-refractivity contribution in [2.45, 2.75) is 0 Å². The quantitative estimate of drug-likeness (QED) is 0.521. The van der Waals surface area contributed by atoms with Gasteiger partial charge in [-0.2, -0.15) is 0 Å². The Kier molecular flexibility index (Phi) is 2.43. The molecule has 0 aliphatic heterocycles. The minimum absolute atomic E-state index is 0.834. The van der Waals surface area contributed by atoms with Crippen LogP contribution >= 0.6 is 0 Å². The number of rotatable bonds is 1. The molecule has 0 heterocycles. The first-order chi connectivity index (χ1) is 4.80. The Hall–Kier alpha value is -0.850. The van der Waals surface area contributed by atoms with Crippen molar-refractivity contribution in [2.75, 3.05) is 6.26 Å². The van der Waals surface area contributed by atoms with E-state index in [-0.39, 0.29) is 0 Å². The van der Waals surface area contributed by atoms with Gasteiger partial charge in [0.25, 0.3) is 0 Å². The maximum Gasteiger partial charge on any atom is 0.0498 e. The highest BCUT2D eigenvalue weighted by molar-refractivity contribution is 7.88. The Bertz CT molecular complexity index is 265. The van der Waals surface area contributed by atoms with E-state index >= 15 is 0 Å². The second-order valence-corrected chi connectivity index (χ2v) is 3.26. The Morgan fingerprint density at radius 3 is 3.00 bits per heavy atom. The molecule has 0 aromatic rings. The third-order valence-corrected chi connectivity index (χ3v) is 2.06. The summed E-state index contributed by atoms with van der Waals surface area (Å²) in [6.45, 7) is 0. The monoisotopic (exact) mass is 152 g/mol. The molecule has 0 fully saturated rings. The Morgan fingerprint density at radius 1 is 1.50 bits per heavy atom. The van der Waals surface area contributed by atoms with Gasteiger partial charge in [0.1, 0.15) is 0 Å². The van der Waals surface area contributed by atoms with Crippen LogP contribution in [0.1, 0.15) is 0 Å². The zero-order valence-corrected chi connectivity index (χ0v) is 6.52. The van der Waals surface area contributed by atoms with E-state index in [0.29, 0.717) is 0 Å². The van der Waals surface area contributed by atoms with Gasteiger partial charge in [-0.1, -0.05) is 6.08 Å². The van der Waals surface area contributed by atoms with Crippen LogP contribution in [0.25, 0.3) is 0 Å². The minimum Gasteiger partial charge on any atom is -0.255 e. The molecule has 0 aromatic heterocycles. The van der Waals surface area contributed by atoms with Crippen molar-refractivity contribution in [3.05, 3.63) is 41.0 Å². The van der Waals surface area contributed by atoms with Crippen molar-refractivity contribution in [1.82, 2.24) is 0 Å². The number of allylic oxidation sites excluding steroid dienone is 4. The highest BCUT2D eigenvalue weighted by atomic mass is 32.2. The van der Waals surface area contributed by atoms with E-state index in [1.807, 2.05) is 12.2 Å². The molecule has 10 heavy (non-hydrogen) atoms. The second-order valence-electron chi connectivity index (χ2n) is 1.88. The van der Waals surface area contributed by atoms with E-state index in [0.717, 1.165) is 4.91 Å². The van der Waals surface area contributed by atoms with Crippen molar-refractivity contribution in [1.29, 1.82) is 0 Å². The third-order valence-electron chi connectivity index (χ3n) is 1.13. The van der Waals surface area contributed by atoms with Crippen molar-refractivity contribution >= 4 is 10.8 Å². The van der Waals surface area contributed by atoms with Gasteiger partial charge in [-0.3, -0.25) is 4.21 Å². The van der Waals surface area contributed by atoms with Gasteiger partial charge in [0.15, 0.2) is 0 Å². The van der Waals surface area contributed by atoms with E-state index in [4.69, 9.17) is 0 Å². The van der Waals surface area contributed by atoms with Gasteiger partial charge in [-0.15, -0.1) is 5.73 Å². The van der Waals surface area contributed by atoms with Crippen molar-refractivity contribution < 1.29 is 4.21 Å². The summed E-state index contributed by atoms with van der Waals surface area (Å²) in [6.07, 6.45) is 10.7.